The number of halogens is 2. The molecule has 1 atom stereocenters. The molecule has 0 amide bonds. The molecule has 84 valence electrons. The Morgan fingerprint density at radius 3 is 2.29 bits per heavy atom. The van der Waals surface area contributed by atoms with Gasteiger partial charge < -0.3 is 5.11 Å². The summed E-state index contributed by atoms with van der Waals surface area (Å²) in [4.78, 5) is 12.1. The summed E-state index contributed by atoms with van der Waals surface area (Å²) in [6.45, 7) is 3.47. The van der Waals surface area contributed by atoms with Gasteiger partial charge in [0.2, 0.25) is 0 Å². The third-order valence-corrected chi connectivity index (χ3v) is 2.00. The first-order chi connectivity index (χ1) is 6.52. The Bertz CT molecular complexity index is 176. The predicted molar refractivity (Wildman–Crippen MR) is 49.6 cm³/mol. The van der Waals surface area contributed by atoms with Gasteiger partial charge in [-0.3, -0.25) is 9.69 Å². The van der Waals surface area contributed by atoms with Crippen LogP contribution in [-0.4, -0.2) is 41.5 Å². The number of alkyl halides is 2. The van der Waals surface area contributed by atoms with Crippen molar-refractivity contribution in [2.24, 2.45) is 0 Å². The molecule has 0 aromatic rings. The highest BCUT2D eigenvalue weighted by Gasteiger charge is 2.25. The molecule has 0 bridgehead atoms. The lowest BCUT2D eigenvalue weighted by Gasteiger charge is -2.27. The Labute approximate surface area is 82.7 Å². The Morgan fingerprint density at radius 1 is 1.43 bits per heavy atom. The third-order valence-electron chi connectivity index (χ3n) is 2.00. The zero-order chi connectivity index (χ0) is 11.1. The van der Waals surface area contributed by atoms with Gasteiger partial charge in [0, 0.05) is 0 Å². The van der Waals surface area contributed by atoms with Crippen LogP contribution in [0.4, 0.5) is 8.78 Å². The molecule has 1 unspecified atom stereocenters. The van der Waals surface area contributed by atoms with Gasteiger partial charge in [-0.05, 0) is 19.4 Å². The van der Waals surface area contributed by atoms with Crippen LogP contribution in [0.2, 0.25) is 0 Å². The molecule has 0 spiro atoms. The van der Waals surface area contributed by atoms with Crippen molar-refractivity contribution in [2.75, 3.05) is 13.1 Å². The van der Waals surface area contributed by atoms with E-state index in [1.54, 1.807) is 6.92 Å². The van der Waals surface area contributed by atoms with Crippen molar-refractivity contribution in [3.8, 4) is 0 Å². The average Bonchev–Trinajstić information content (AvgIpc) is 2.03. The quantitative estimate of drug-likeness (QED) is 0.695. The largest absolute Gasteiger partial charge is 0.480 e. The van der Waals surface area contributed by atoms with Gasteiger partial charge in [-0.15, -0.1) is 0 Å². The second-order valence-electron chi connectivity index (χ2n) is 3.15. The fourth-order valence-electron chi connectivity index (χ4n) is 1.43. The van der Waals surface area contributed by atoms with Crippen molar-refractivity contribution in [1.82, 2.24) is 4.90 Å². The molecular weight excluding hydrogens is 192 g/mol. The van der Waals surface area contributed by atoms with E-state index in [1.165, 1.54) is 4.90 Å². The number of rotatable bonds is 7. The first-order valence-electron chi connectivity index (χ1n) is 4.77. The number of carboxylic acids is 1. The highest BCUT2D eigenvalue weighted by molar-refractivity contribution is 5.73. The highest BCUT2D eigenvalue weighted by atomic mass is 19.3. The average molecular weight is 209 g/mol. The standard InChI is InChI=1S/C9H17F2NO2/c1-3-5-12(6-8(10)11)7(4-2)9(13)14/h7-8H,3-6H2,1-2H3,(H,13,14). The first-order valence-corrected chi connectivity index (χ1v) is 4.77. The van der Waals surface area contributed by atoms with E-state index in [2.05, 4.69) is 0 Å². The van der Waals surface area contributed by atoms with E-state index in [0.29, 0.717) is 19.4 Å². The van der Waals surface area contributed by atoms with Crippen molar-refractivity contribution >= 4 is 5.97 Å². The number of carbonyl (C=O) groups is 1. The second kappa shape index (κ2) is 6.70. The molecule has 1 N–H and O–H groups in total. The Kier molecular flexibility index (Phi) is 6.36. The van der Waals surface area contributed by atoms with Gasteiger partial charge in [0.25, 0.3) is 6.43 Å². The molecule has 0 saturated carbocycles. The van der Waals surface area contributed by atoms with E-state index in [-0.39, 0.29) is 0 Å². The molecule has 0 radical (unpaired) electrons. The molecule has 3 nitrogen and oxygen atoms in total. The van der Waals surface area contributed by atoms with Crippen molar-refractivity contribution < 1.29 is 18.7 Å². The van der Waals surface area contributed by atoms with Crippen LogP contribution in [0.5, 0.6) is 0 Å². The van der Waals surface area contributed by atoms with Gasteiger partial charge in [-0.1, -0.05) is 13.8 Å². The predicted octanol–water partition coefficient (Wildman–Crippen LogP) is 1.83. The van der Waals surface area contributed by atoms with Crippen LogP contribution in [-0.2, 0) is 4.79 Å². The van der Waals surface area contributed by atoms with Crippen molar-refractivity contribution in [3.63, 3.8) is 0 Å². The van der Waals surface area contributed by atoms with E-state index in [4.69, 9.17) is 5.11 Å². The first kappa shape index (κ1) is 13.3. The highest BCUT2D eigenvalue weighted by Crippen LogP contribution is 2.08. The summed E-state index contributed by atoms with van der Waals surface area (Å²) < 4.78 is 24.3. The molecule has 0 rings (SSSR count). The summed E-state index contributed by atoms with van der Waals surface area (Å²) >= 11 is 0. The second-order valence-corrected chi connectivity index (χ2v) is 3.15. The van der Waals surface area contributed by atoms with Crippen molar-refractivity contribution in [3.05, 3.63) is 0 Å². The maximum Gasteiger partial charge on any atom is 0.320 e. The van der Waals surface area contributed by atoms with Crippen LogP contribution in [0.1, 0.15) is 26.7 Å². The maximum absolute atomic E-state index is 12.1. The lowest BCUT2D eigenvalue weighted by Crippen LogP contribution is -2.43. The molecule has 0 aromatic carbocycles. The summed E-state index contributed by atoms with van der Waals surface area (Å²) in [5, 5.41) is 8.80. The van der Waals surface area contributed by atoms with Crippen LogP contribution in [0.3, 0.4) is 0 Å². The van der Waals surface area contributed by atoms with Crippen LogP contribution in [0, 0.1) is 0 Å². The molecule has 0 aliphatic heterocycles. The molecule has 0 saturated heterocycles. The van der Waals surface area contributed by atoms with Gasteiger partial charge in [-0.25, -0.2) is 8.78 Å². The number of hydrogen-bond acceptors (Lipinski definition) is 2. The smallest absolute Gasteiger partial charge is 0.320 e. The number of aliphatic carboxylic acids is 1. The van der Waals surface area contributed by atoms with Crippen LogP contribution < -0.4 is 0 Å². The fraction of sp³-hybridized carbons (Fsp3) is 0.889. The van der Waals surface area contributed by atoms with Crippen molar-refractivity contribution in [2.45, 2.75) is 39.2 Å². The third kappa shape index (κ3) is 4.50. The molecule has 0 heterocycles. The van der Waals surface area contributed by atoms with E-state index in [1.807, 2.05) is 6.92 Å². The summed E-state index contributed by atoms with van der Waals surface area (Å²) in [5.74, 6) is -1.03. The topological polar surface area (TPSA) is 40.5 Å². The van der Waals surface area contributed by atoms with Gasteiger partial charge in [0.05, 0.1) is 6.54 Å². The zero-order valence-corrected chi connectivity index (χ0v) is 8.54. The van der Waals surface area contributed by atoms with Gasteiger partial charge in [-0.2, -0.15) is 0 Å². The van der Waals surface area contributed by atoms with Gasteiger partial charge in [0.15, 0.2) is 0 Å². The monoisotopic (exact) mass is 209 g/mol. The molecule has 0 fully saturated rings. The van der Waals surface area contributed by atoms with E-state index in [0.717, 1.165) is 0 Å². The minimum atomic E-state index is -2.48. The van der Waals surface area contributed by atoms with Gasteiger partial charge >= 0.3 is 5.97 Å². The fourth-order valence-corrected chi connectivity index (χ4v) is 1.43. The molecule has 0 aliphatic rings. The van der Waals surface area contributed by atoms with Crippen LogP contribution in [0.25, 0.3) is 0 Å². The lowest BCUT2D eigenvalue weighted by atomic mass is 10.2. The number of carboxylic acid groups (broad SMARTS) is 1. The molecule has 5 heteroatoms. The van der Waals surface area contributed by atoms with E-state index < -0.39 is 25.0 Å². The summed E-state index contributed by atoms with van der Waals surface area (Å²) in [7, 11) is 0. The summed E-state index contributed by atoms with van der Waals surface area (Å²) in [5.41, 5.74) is 0. The summed E-state index contributed by atoms with van der Waals surface area (Å²) in [6.07, 6.45) is -1.45. The minimum absolute atomic E-state index is 0.349. The number of hydrogen-bond donors (Lipinski definition) is 1. The normalized spacial score (nSPS) is 13.6. The Hall–Kier alpha value is -0.710. The molecule has 0 aromatic heterocycles. The lowest BCUT2D eigenvalue weighted by molar-refractivity contribution is -0.144. The maximum atomic E-state index is 12.1. The SMILES string of the molecule is CCCN(CC(F)F)C(CC)C(=O)O. The van der Waals surface area contributed by atoms with Crippen LogP contribution in [0.15, 0.2) is 0 Å². The van der Waals surface area contributed by atoms with Crippen molar-refractivity contribution in [1.29, 1.82) is 0 Å². The molecule has 14 heavy (non-hydrogen) atoms. The summed E-state index contributed by atoms with van der Waals surface area (Å²) in [6, 6.07) is -0.788. The molecular formula is C9H17F2NO2. The van der Waals surface area contributed by atoms with E-state index in [9.17, 15) is 13.6 Å². The zero-order valence-electron chi connectivity index (χ0n) is 8.54. The number of nitrogens with zero attached hydrogens (tertiary/aromatic N) is 1. The Morgan fingerprint density at radius 2 is 2.00 bits per heavy atom. The molecule has 0 aliphatic carbocycles. The van der Waals surface area contributed by atoms with Gasteiger partial charge in [0.1, 0.15) is 6.04 Å². The van der Waals surface area contributed by atoms with E-state index >= 15 is 0 Å². The van der Waals surface area contributed by atoms with Crippen LogP contribution >= 0.6 is 0 Å². The Balaban J connectivity index is 4.34. The minimum Gasteiger partial charge on any atom is -0.480 e.